The van der Waals surface area contributed by atoms with Crippen LogP contribution in [0, 0.1) is 0 Å². The third kappa shape index (κ3) is 4.94. The van der Waals surface area contributed by atoms with Gasteiger partial charge in [-0.3, -0.25) is 19.7 Å². The van der Waals surface area contributed by atoms with E-state index in [1.165, 1.54) is 5.56 Å². The van der Waals surface area contributed by atoms with Crippen molar-refractivity contribution in [3.63, 3.8) is 0 Å². The van der Waals surface area contributed by atoms with Crippen LogP contribution in [0.5, 0.6) is 0 Å². The largest absolute Gasteiger partial charge is 0.334 e. The lowest BCUT2D eigenvalue weighted by Crippen LogP contribution is -2.42. The molecule has 2 aliphatic rings. The van der Waals surface area contributed by atoms with E-state index >= 15 is 0 Å². The van der Waals surface area contributed by atoms with Gasteiger partial charge in [-0.25, -0.2) is 8.42 Å². The number of thioether (sulfide) groups is 1. The van der Waals surface area contributed by atoms with Crippen molar-refractivity contribution in [3.05, 3.63) is 35.4 Å². The van der Waals surface area contributed by atoms with Crippen LogP contribution >= 0.6 is 11.8 Å². The summed E-state index contributed by atoms with van der Waals surface area (Å²) in [4.78, 5) is 37.7. The molecular weight excluding hydrogens is 400 g/mol. The van der Waals surface area contributed by atoms with Crippen LogP contribution in [0.15, 0.2) is 24.3 Å². The predicted octanol–water partition coefficient (Wildman–Crippen LogP) is 2.07. The Morgan fingerprint density at radius 3 is 2.43 bits per heavy atom. The van der Waals surface area contributed by atoms with Crippen LogP contribution < -0.4 is 5.32 Å². The van der Waals surface area contributed by atoms with E-state index in [1.807, 2.05) is 24.3 Å². The quantitative estimate of drug-likeness (QED) is 0.750. The monoisotopic (exact) mass is 424 g/mol. The summed E-state index contributed by atoms with van der Waals surface area (Å²) in [7, 11) is -3.16. The van der Waals surface area contributed by atoms with Gasteiger partial charge in [-0.1, -0.05) is 49.9 Å². The summed E-state index contributed by atoms with van der Waals surface area (Å²) < 4.78 is 23.9. The van der Waals surface area contributed by atoms with E-state index in [1.54, 1.807) is 4.90 Å². The van der Waals surface area contributed by atoms with Gasteiger partial charge in [0, 0.05) is 19.0 Å². The van der Waals surface area contributed by atoms with E-state index in [2.05, 4.69) is 19.2 Å². The SMILES string of the molecule is CC(C)c1ccc(CN(C(=O)CC2SC(=O)NC2=O)C2CCS(=O)(=O)C2)cc1. The molecule has 0 spiro atoms. The zero-order valence-corrected chi connectivity index (χ0v) is 17.5. The fraction of sp³-hybridized carbons (Fsp3) is 0.526. The van der Waals surface area contributed by atoms with Crippen molar-refractivity contribution in [1.82, 2.24) is 10.2 Å². The Morgan fingerprint density at radius 2 is 1.93 bits per heavy atom. The molecule has 0 radical (unpaired) electrons. The number of hydrogen-bond acceptors (Lipinski definition) is 6. The fourth-order valence-electron chi connectivity index (χ4n) is 3.45. The highest BCUT2D eigenvalue weighted by Crippen LogP contribution is 2.26. The van der Waals surface area contributed by atoms with Gasteiger partial charge in [0.15, 0.2) is 9.84 Å². The van der Waals surface area contributed by atoms with Crippen LogP contribution in [0.2, 0.25) is 0 Å². The van der Waals surface area contributed by atoms with Gasteiger partial charge in [0.25, 0.3) is 5.24 Å². The lowest BCUT2D eigenvalue weighted by Gasteiger charge is -2.29. The molecule has 0 bridgehead atoms. The Bertz CT molecular complexity index is 880. The highest BCUT2D eigenvalue weighted by molar-refractivity contribution is 8.15. The minimum absolute atomic E-state index is 0.0604. The second-order valence-corrected chi connectivity index (χ2v) is 11.0. The van der Waals surface area contributed by atoms with E-state index in [-0.39, 0.29) is 30.4 Å². The topological polar surface area (TPSA) is 101 Å². The zero-order chi connectivity index (χ0) is 20.5. The average Bonchev–Trinajstić information content (AvgIpc) is 3.13. The first-order valence-corrected chi connectivity index (χ1v) is 11.9. The van der Waals surface area contributed by atoms with Crippen molar-refractivity contribution in [2.24, 2.45) is 0 Å². The predicted molar refractivity (Wildman–Crippen MR) is 108 cm³/mol. The van der Waals surface area contributed by atoms with Crippen molar-refractivity contribution in [3.8, 4) is 0 Å². The van der Waals surface area contributed by atoms with E-state index < -0.39 is 32.3 Å². The summed E-state index contributed by atoms with van der Waals surface area (Å²) in [5.41, 5.74) is 2.09. The summed E-state index contributed by atoms with van der Waals surface area (Å²) in [6, 6.07) is 7.49. The molecule has 2 heterocycles. The molecule has 2 atom stereocenters. The highest BCUT2D eigenvalue weighted by atomic mass is 32.2. The molecule has 0 aromatic heterocycles. The summed E-state index contributed by atoms with van der Waals surface area (Å²) in [6.07, 6.45) is 0.268. The molecule has 1 aromatic rings. The van der Waals surface area contributed by atoms with Crippen LogP contribution in [-0.4, -0.2) is 53.2 Å². The Hall–Kier alpha value is -1.87. The van der Waals surface area contributed by atoms with Gasteiger partial charge in [0.2, 0.25) is 11.8 Å². The van der Waals surface area contributed by atoms with Crippen molar-refractivity contribution >= 4 is 38.7 Å². The maximum atomic E-state index is 13.0. The number of carbonyl (C=O) groups is 3. The molecule has 3 amide bonds. The number of nitrogens with one attached hydrogen (secondary N) is 1. The van der Waals surface area contributed by atoms with Gasteiger partial charge >= 0.3 is 0 Å². The number of nitrogens with zero attached hydrogens (tertiary/aromatic N) is 1. The zero-order valence-electron chi connectivity index (χ0n) is 15.9. The molecular formula is C19H24N2O5S2. The van der Waals surface area contributed by atoms with Crippen LogP contribution in [0.1, 0.15) is 43.7 Å². The highest BCUT2D eigenvalue weighted by Gasteiger charge is 2.38. The van der Waals surface area contributed by atoms with Crippen LogP contribution in [0.4, 0.5) is 4.79 Å². The number of sulfone groups is 1. The second-order valence-electron chi connectivity index (χ2n) is 7.56. The number of imide groups is 1. The molecule has 2 saturated heterocycles. The van der Waals surface area contributed by atoms with Gasteiger partial charge in [0.05, 0.1) is 11.5 Å². The van der Waals surface area contributed by atoms with E-state index in [0.717, 1.165) is 17.3 Å². The van der Waals surface area contributed by atoms with Gasteiger partial charge in [0.1, 0.15) is 5.25 Å². The molecule has 9 heteroatoms. The van der Waals surface area contributed by atoms with Gasteiger partial charge in [-0.2, -0.15) is 0 Å². The van der Waals surface area contributed by atoms with Crippen LogP contribution in [0.25, 0.3) is 0 Å². The van der Waals surface area contributed by atoms with Crippen molar-refractivity contribution in [2.45, 2.75) is 50.4 Å². The second kappa shape index (κ2) is 8.24. The normalized spacial score (nSPS) is 23.8. The molecule has 2 fully saturated rings. The van der Waals surface area contributed by atoms with Gasteiger partial charge in [-0.05, 0) is 23.5 Å². The minimum atomic E-state index is -3.16. The third-order valence-electron chi connectivity index (χ3n) is 5.10. The lowest BCUT2D eigenvalue weighted by atomic mass is 10.0. The smallest absolute Gasteiger partial charge is 0.286 e. The molecule has 7 nitrogen and oxygen atoms in total. The first-order chi connectivity index (χ1) is 13.1. The van der Waals surface area contributed by atoms with E-state index in [0.29, 0.717) is 12.3 Å². The van der Waals surface area contributed by atoms with Crippen molar-refractivity contribution < 1.29 is 22.8 Å². The summed E-state index contributed by atoms with van der Waals surface area (Å²) in [5.74, 6) is -0.389. The number of hydrogen-bond donors (Lipinski definition) is 1. The molecule has 0 aliphatic carbocycles. The molecule has 1 aromatic carbocycles. The Kier molecular flexibility index (Phi) is 6.14. The van der Waals surface area contributed by atoms with E-state index in [4.69, 9.17) is 0 Å². The molecule has 1 N–H and O–H groups in total. The number of amides is 3. The first kappa shape index (κ1) is 20.9. The number of benzene rings is 1. The standard InChI is InChI=1S/C19H24N2O5S2/c1-12(2)14-5-3-13(4-6-14)10-21(15-7-8-28(25,26)11-15)17(22)9-16-18(23)20-19(24)27-16/h3-6,12,15-16H,7-11H2,1-2H3,(H,20,23,24). The molecule has 152 valence electrons. The molecule has 28 heavy (non-hydrogen) atoms. The maximum absolute atomic E-state index is 13.0. The summed E-state index contributed by atoms with van der Waals surface area (Å²) in [5, 5.41) is 0.962. The third-order valence-corrected chi connectivity index (χ3v) is 7.83. The summed E-state index contributed by atoms with van der Waals surface area (Å²) >= 11 is 0.808. The number of carbonyl (C=O) groups excluding carboxylic acids is 3. The van der Waals surface area contributed by atoms with Crippen molar-refractivity contribution in [2.75, 3.05) is 11.5 Å². The number of rotatable bonds is 6. The van der Waals surface area contributed by atoms with Crippen LogP contribution in [0.3, 0.4) is 0 Å². The fourth-order valence-corrected chi connectivity index (χ4v) is 5.99. The maximum Gasteiger partial charge on any atom is 0.286 e. The molecule has 0 saturated carbocycles. The van der Waals surface area contributed by atoms with E-state index in [9.17, 15) is 22.8 Å². The van der Waals surface area contributed by atoms with Gasteiger partial charge in [-0.15, -0.1) is 0 Å². The van der Waals surface area contributed by atoms with Crippen LogP contribution in [-0.2, 0) is 26.0 Å². The molecule has 2 unspecified atom stereocenters. The average molecular weight is 425 g/mol. The lowest BCUT2D eigenvalue weighted by molar-refractivity contribution is -0.135. The van der Waals surface area contributed by atoms with Crippen molar-refractivity contribution in [1.29, 1.82) is 0 Å². The first-order valence-electron chi connectivity index (χ1n) is 9.25. The molecule has 2 aliphatic heterocycles. The van der Waals surface area contributed by atoms with Gasteiger partial charge < -0.3 is 4.90 Å². The molecule has 3 rings (SSSR count). The minimum Gasteiger partial charge on any atom is -0.334 e. The Morgan fingerprint density at radius 1 is 1.25 bits per heavy atom. The Balaban J connectivity index is 1.77. The summed E-state index contributed by atoms with van der Waals surface area (Å²) in [6.45, 7) is 4.48. The Labute approximate surface area is 169 Å².